The molecule has 0 bridgehead atoms. The monoisotopic (exact) mass is 681 g/mol. The Morgan fingerprint density at radius 3 is 2.35 bits per heavy atom. The lowest BCUT2D eigenvalue weighted by Crippen LogP contribution is -2.46. The number of alkyl halides is 3. The van der Waals surface area contributed by atoms with Crippen molar-refractivity contribution in [2.75, 3.05) is 23.7 Å². The Bertz CT molecular complexity index is 1760. The molecule has 3 aliphatic rings. The van der Waals surface area contributed by atoms with Gasteiger partial charge in [0.15, 0.2) is 0 Å². The number of hydrogen-bond acceptors (Lipinski definition) is 6. The number of urea groups is 1. The van der Waals surface area contributed by atoms with Crippen molar-refractivity contribution in [2.45, 2.75) is 69.4 Å². The molecule has 258 valence electrons. The van der Waals surface area contributed by atoms with Crippen LogP contribution in [0.5, 0.6) is 0 Å². The van der Waals surface area contributed by atoms with Gasteiger partial charge < -0.3 is 20.3 Å². The molecular formula is C35H35F4N5O5. The average Bonchev–Trinajstić information content (AvgIpc) is 3.73. The van der Waals surface area contributed by atoms with Gasteiger partial charge in [-0.1, -0.05) is 30.3 Å². The highest BCUT2D eigenvalue weighted by Gasteiger charge is 2.57. The molecule has 3 N–H and O–H groups in total. The van der Waals surface area contributed by atoms with E-state index in [9.17, 15) is 36.7 Å². The number of nitrogens with one attached hydrogen (secondary N) is 3. The number of amides is 5. The van der Waals surface area contributed by atoms with Gasteiger partial charge >= 0.3 is 18.3 Å². The lowest BCUT2D eigenvalue weighted by molar-refractivity contribution is -0.187. The molecule has 0 radical (unpaired) electrons. The van der Waals surface area contributed by atoms with E-state index in [2.05, 4.69) is 20.9 Å². The Morgan fingerprint density at radius 1 is 1.00 bits per heavy atom. The Morgan fingerprint density at radius 2 is 1.69 bits per heavy atom. The number of halogens is 4. The lowest BCUT2D eigenvalue weighted by atomic mass is 9.94. The van der Waals surface area contributed by atoms with Crippen LogP contribution in [0.25, 0.3) is 0 Å². The molecule has 1 unspecified atom stereocenters. The van der Waals surface area contributed by atoms with E-state index in [4.69, 9.17) is 4.74 Å². The molecule has 6 rings (SSSR count). The molecule has 10 nitrogen and oxygen atoms in total. The van der Waals surface area contributed by atoms with Gasteiger partial charge in [0.25, 0.3) is 5.91 Å². The summed E-state index contributed by atoms with van der Waals surface area (Å²) >= 11 is 0. The van der Waals surface area contributed by atoms with Gasteiger partial charge in [0, 0.05) is 42.9 Å². The quantitative estimate of drug-likeness (QED) is 0.226. The molecule has 3 aromatic carbocycles. The molecule has 49 heavy (non-hydrogen) atoms. The molecule has 0 saturated carbocycles. The zero-order chi connectivity index (χ0) is 34.9. The summed E-state index contributed by atoms with van der Waals surface area (Å²) in [6.45, 7) is 3.24. The zero-order valence-corrected chi connectivity index (χ0v) is 26.6. The number of imide groups is 1. The van der Waals surface area contributed by atoms with Crippen LogP contribution >= 0.6 is 0 Å². The summed E-state index contributed by atoms with van der Waals surface area (Å²) in [6, 6.07) is 14.1. The third-order valence-electron chi connectivity index (χ3n) is 9.31. The van der Waals surface area contributed by atoms with Gasteiger partial charge in [-0.3, -0.25) is 19.8 Å². The number of carbonyl (C=O) groups excluding carboxylic acids is 4. The number of likely N-dealkylation sites (tertiary alicyclic amines) is 1. The molecule has 0 aromatic heterocycles. The minimum absolute atomic E-state index is 0.199. The van der Waals surface area contributed by atoms with Crippen LogP contribution < -0.4 is 16.0 Å². The van der Waals surface area contributed by atoms with Gasteiger partial charge in [-0.2, -0.15) is 13.2 Å². The third kappa shape index (κ3) is 7.38. The highest BCUT2D eigenvalue weighted by molar-refractivity contribution is 6.05. The summed E-state index contributed by atoms with van der Waals surface area (Å²) in [7, 11) is 0. The fourth-order valence-corrected chi connectivity index (χ4v) is 6.80. The number of anilines is 2. The van der Waals surface area contributed by atoms with Crippen molar-refractivity contribution in [2.24, 2.45) is 0 Å². The number of ether oxygens (including phenoxy) is 1. The van der Waals surface area contributed by atoms with Crippen molar-refractivity contribution in [3.05, 3.63) is 94.8 Å². The second-order valence-electron chi connectivity index (χ2n) is 12.7. The summed E-state index contributed by atoms with van der Waals surface area (Å²) in [6.07, 6.45) is -4.10. The van der Waals surface area contributed by atoms with Crippen LogP contribution in [0, 0.1) is 5.82 Å². The molecule has 14 heteroatoms. The van der Waals surface area contributed by atoms with Crippen LogP contribution in [0.2, 0.25) is 0 Å². The third-order valence-corrected chi connectivity index (χ3v) is 9.31. The molecular weight excluding hydrogens is 646 g/mol. The standard InChI is InChI=1S/C35H35F4N5O5/c1-21(35(37,38)39)44(20-22-7-9-25(36)10-8-22)30(45)16-24-18-34(31(46)42-33(48)49-34)29-12-11-27(17-28(24)29)41-32(47)40-26-6-4-5-23(15-26)19-43-13-2-3-14-43/h4-12,15,17,21,24H,2-3,13-14,16,18-20H2,1H3,(H2,40,41,47)(H,42,46,48)/t21-,24?,34+/m0/s1. The molecule has 2 fully saturated rings. The molecule has 3 aromatic rings. The number of nitrogens with zero attached hydrogens (tertiary/aromatic N) is 2. The van der Waals surface area contributed by atoms with Crippen LogP contribution in [0.4, 0.5) is 38.5 Å². The van der Waals surface area contributed by atoms with E-state index >= 15 is 0 Å². The van der Waals surface area contributed by atoms with Crippen LogP contribution in [-0.2, 0) is 33.0 Å². The van der Waals surface area contributed by atoms with Crippen molar-refractivity contribution in [3.63, 3.8) is 0 Å². The smallest absolute Gasteiger partial charge is 0.415 e. The van der Waals surface area contributed by atoms with E-state index in [1.165, 1.54) is 30.3 Å². The molecule has 2 aliphatic heterocycles. The van der Waals surface area contributed by atoms with Gasteiger partial charge in [0.05, 0.1) is 0 Å². The summed E-state index contributed by atoms with van der Waals surface area (Å²) < 4.78 is 60.8. The normalized spacial score (nSPS) is 20.9. The van der Waals surface area contributed by atoms with E-state index in [-0.39, 0.29) is 23.2 Å². The van der Waals surface area contributed by atoms with Crippen LogP contribution in [-0.4, -0.2) is 59.0 Å². The van der Waals surface area contributed by atoms with Gasteiger partial charge in [0.2, 0.25) is 11.5 Å². The number of carbonyl (C=O) groups is 4. The fourth-order valence-electron chi connectivity index (χ4n) is 6.80. The molecule has 3 atom stereocenters. The van der Waals surface area contributed by atoms with E-state index in [1.54, 1.807) is 6.07 Å². The maximum atomic E-state index is 13.9. The molecule has 2 saturated heterocycles. The Hall–Kier alpha value is -4.98. The van der Waals surface area contributed by atoms with Gasteiger partial charge in [0.1, 0.15) is 11.9 Å². The summed E-state index contributed by atoms with van der Waals surface area (Å²) in [5.41, 5.74) is 1.05. The van der Waals surface area contributed by atoms with E-state index in [1.807, 2.05) is 18.2 Å². The first-order valence-corrected chi connectivity index (χ1v) is 16.0. The van der Waals surface area contributed by atoms with Crippen molar-refractivity contribution >= 4 is 35.3 Å². The highest BCUT2D eigenvalue weighted by Crippen LogP contribution is 2.51. The Balaban J connectivity index is 1.23. The number of hydrogen-bond donors (Lipinski definition) is 3. The van der Waals surface area contributed by atoms with Crippen molar-refractivity contribution in [1.29, 1.82) is 0 Å². The molecule has 1 spiro atoms. The van der Waals surface area contributed by atoms with E-state index in [0.717, 1.165) is 57.1 Å². The first kappa shape index (κ1) is 33.9. The lowest BCUT2D eigenvalue weighted by Gasteiger charge is -2.32. The average molecular weight is 682 g/mol. The Kier molecular flexibility index (Phi) is 9.34. The van der Waals surface area contributed by atoms with E-state index in [0.29, 0.717) is 16.2 Å². The topological polar surface area (TPSA) is 120 Å². The van der Waals surface area contributed by atoms with Crippen molar-refractivity contribution < 1.29 is 41.5 Å². The molecule has 2 heterocycles. The van der Waals surface area contributed by atoms with Gasteiger partial charge in [-0.15, -0.1) is 0 Å². The fraction of sp³-hybridized carbons (Fsp3) is 0.371. The number of fused-ring (bicyclic) bond motifs is 2. The second-order valence-corrected chi connectivity index (χ2v) is 12.7. The molecule has 5 amide bonds. The highest BCUT2D eigenvalue weighted by atomic mass is 19.4. The zero-order valence-electron chi connectivity index (χ0n) is 26.6. The minimum Gasteiger partial charge on any atom is -0.427 e. The number of alkyl carbamates (subject to hydrolysis) is 1. The first-order valence-electron chi connectivity index (χ1n) is 16.0. The van der Waals surface area contributed by atoms with Crippen LogP contribution in [0.1, 0.15) is 60.8 Å². The van der Waals surface area contributed by atoms with Crippen molar-refractivity contribution in [1.82, 2.24) is 15.1 Å². The SMILES string of the molecule is C[C@H](N(Cc1ccc(F)cc1)C(=O)CC1C[C@@]2(OC(=O)NC2=O)c2ccc(NC(=O)Nc3cccc(CN4CCCC4)c3)cc21)C(F)(F)F. The number of benzene rings is 3. The molecule has 1 aliphatic carbocycles. The Labute approximate surface area is 279 Å². The van der Waals surface area contributed by atoms with Crippen molar-refractivity contribution in [3.8, 4) is 0 Å². The summed E-state index contributed by atoms with van der Waals surface area (Å²) in [5.74, 6) is -3.07. The van der Waals surface area contributed by atoms with Crippen LogP contribution in [0.15, 0.2) is 66.7 Å². The first-order chi connectivity index (χ1) is 23.3. The van der Waals surface area contributed by atoms with E-state index < -0.39 is 66.5 Å². The second kappa shape index (κ2) is 13.5. The van der Waals surface area contributed by atoms with Crippen LogP contribution in [0.3, 0.4) is 0 Å². The maximum absolute atomic E-state index is 13.9. The predicted octanol–water partition coefficient (Wildman–Crippen LogP) is 6.38. The summed E-state index contributed by atoms with van der Waals surface area (Å²) in [5, 5.41) is 7.65. The van der Waals surface area contributed by atoms with Gasteiger partial charge in [-0.05, 0) is 91.9 Å². The summed E-state index contributed by atoms with van der Waals surface area (Å²) in [4.78, 5) is 54.9. The predicted molar refractivity (Wildman–Crippen MR) is 171 cm³/mol. The largest absolute Gasteiger partial charge is 0.427 e. The van der Waals surface area contributed by atoms with Gasteiger partial charge in [-0.25, -0.2) is 14.0 Å². The maximum Gasteiger partial charge on any atom is 0.415 e. The number of rotatable bonds is 9. The minimum atomic E-state index is -4.76.